The summed E-state index contributed by atoms with van der Waals surface area (Å²) in [6, 6.07) is 9.23. The number of halogens is 1. The quantitative estimate of drug-likeness (QED) is 0.520. The molecule has 0 radical (unpaired) electrons. The smallest absolute Gasteiger partial charge is 0.159 e. The van der Waals surface area contributed by atoms with E-state index in [-0.39, 0.29) is 5.78 Å². The van der Waals surface area contributed by atoms with E-state index < -0.39 is 0 Å². The first-order valence-corrected chi connectivity index (χ1v) is 4.83. The summed E-state index contributed by atoms with van der Waals surface area (Å²) in [6.07, 6.45) is 0. The van der Waals surface area contributed by atoms with E-state index in [9.17, 15) is 4.79 Å². The molecule has 0 saturated heterocycles. The van der Waals surface area contributed by atoms with Crippen LogP contribution in [0.25, 0.3) is 0 Å². The average Bonchev–Trinajstić information content (AvgIpc) is 2.10. The van der Waals surface area contributed by atoms with Gasteiger partial charge in [0.15, 0.2) is 5.78 Å². The lowest BCUT2D eigenvalue weighted by molar-refractivity contribution is 0.101. The minimum Gasteiger partial charge on any atom is -0.295 e. The summed E-state index contributed by atoms with van der Waals surface area (Å²) in [4.78, 5) is 10.6. The van der Waals surface area contributed by atoms with Crippen LogP contribution < -0.4 is 0 Å². The molecule has 0 saturated carbocycles. The van der Waals surface area contributed by atoms with Crippen LogP contribution in [-0.4, -0.2) is 11.6 Å². The van der Waals surface area contributed by atoms with Crippen LogP contribution in [0.5, 0.6) is 0 Å². The molecule has 0 N–H and O–H groups in total. The molecule has 0 atom stereocenters. The third kappa shape index (κ3) is 3.94. The first-order valence-electron chi connectivity index (χ1n) is 3.24. The zero-order valence-electron chi connectivity index (χ0n) is 6.67. The van der Waals surface area contributed by atoms with Crippen molar-refractivity contribution in [3.63, 3.8) is 0 Å². The fourth-order valence-electron chi connectivity index (χ4n) is 0.673. The summed E-state index contributed by atoms with van der Waals surface area (Å²) in [7, 11) is 0. The molecule has 0 bridgehead atoms. The second kappa shape index (κ2) is 6.10. The lowest BCUT2D eigenvalue weighted by Gasteiger charge is -1.89. The van der Waals surface area contributed by atoms with E-state index in [1.807, 2.05) is 36.2 Å². The molecule has 11 heavy (non-hydrogen) atoms. The molecular formula is C9H11BrO. The number of rotatable bonds is 1. The van der Waals surface area contributed by atoms with E-state index in [4.69, 9.17) is 0 Å². The van der Waals surface area contributed by atoms with E-state index >= 15 is 0 Å². The predicted molar refractivity (Wildman–Crippen MR) is 51.3 cm³/mol. The van der Waals surface area contributed by atoms with Gasteiger partial charge in [0.05, 0.1) is 0 Å². The Kier molecular flexibility index (Phi) is 5.75. The number of hydrogen-bond donors (Lipinski definition) is 0. The first-order chi connectivity index (χ1) is 5.30. The number of hydrogen-bond acceptors (Lipinski definition) is 1. The minimum absolute atomic E-state index is 0.121. The molecule has 1 rings (SSSR count). The monoisotopic (exact) mass is 214 g/mol. The van der Waals surface area contributed by atoms with Crippen molar-refractivity contribution in [1.29, 1.82) is 0 Å². The zero-order chi connectivity index (χ0) is 8.69. The summed E-state index contributed by atoms with van der Waals surface area (Å²) in [6.45, 7) is 1.56. The molecule has 0 aliphatic heterocycles. The Morgan fingerprint density at radius 3 is 1.91 bits per heavy atom. The van der Waals surface area contributed by atoms with Gasteiger partial charge in [-0.2, -0.15) is 0 Å². The van der Waals surface area contributed by atoms with E-state index in [0.717, 1.165) is 5.56 Å². The number of Topliss-reactive ketones (excluding diaryl/α,β-unsaturated/α-hetero) is 1. The van der Waals surface area contributed by atoms with Gasteiger partial charge in [-0.1, -0.05) is 46.3 Å². The fourth-order valence-corrected chi connectivity index (χ4v) is 0.673. The normalized spacial score (nSPS) is 7.91. The van der Waals surface area contributed by atoms with Gasteiger partial charge in [-0.15, -0.1) is 0 Å². The van der Waals surface area contributed by atoms with Gasteiger partial charge >= 0.3 is 0 Å². The predicted octanol–water partition coefficient (Wildman–Crippen LogP) is 2.90. The molecule has 0 aliphatic carbocycles. The number of carbonyl (C=O) groups is 1. The van der Waals surface area contributed by atoms with E-state index in [1.165, 1.54) is 0 Å². The third-order valence-corrected chi connectivity index (χ3v) is 1.18. The lowest BCUT2D eigenvalue weighted by atomic mass is 10.2. The second-order valence-corrected chi connectivity index (χ2v) is 1.92. The van der Waals surface area contributed by atoms with Crippen molar-refractivity contribution in [3.05, 3.63) is 35.9 Å². The molecule has 0 aromatic heterocycles. The highest BCUT2D eigenvalue weighted by molar-refractivity contribution is 9.08. The number of carbonyl (C=O) groups excluding carboxylic acids is 1. The standard InChI is InChI=1S/C8H8O.CH3Br/c1-7(9)8-5-3-2-4-6-8;1-2/h2-6H,1H3;1H3. The summed E-state index contributed by atoms with van der Waals surface area (Å²) >= 11 is 2.94. The van der Waals surface area contributed by atoms with Crippen molar-refractivity contribution >= 4 is 21.7 Å². The van der Waals surface area contributed by atoms with Gasteiger partial charge in [-0.3, -0.25) is 4.79 Å². The van der Waals surface area contributed by atoms with Crippen molar-refractivity contribution in [2.24, 2.45) is 0 Å². The van der Waals surface area contributed by atoms with Gasteiger partial charge in [-0.05, 0) is 12.8 Å². The Hall–Kier alpha value is -0.630. The van der Waals surface area contributed by atoms with Crippen LogP contribution in [0.4, 0.5) is 0 Å². The summed E-state index contributed by atoms with van der Waals surface area (Å²) in [5, 5.41) is 0. The van der Waals surface area contributed by atoms with Crippen LogP contribution >= 0.6 is 15.9 Å². The van der Waals surface area contributed by atoms with Gasteiger partial charge in [0.2, 0.25) is 0 Å². The van der Waals surface area contributed by atoms with Gasteiger partial charge in [-0.25, -0.2) is 0 Å². The number of benzene rings is 1. The topological polar surface area (TPSA) is 17.1 Å². The molecule has 0 unspecified atom stereocenters. The van der Waals surface area contributed by atoms with Crippen molar-refractivity contribution in [2.75, 3.05) is 5.83 Å². The number of ketones is 1. The maximum Gasteiger partial charge on any atom is 0.159 e. The Bertz CT molecular complexity index is 206. The Labute approximate surface area is 75.6 Å². The molecular weight excluding hydrogens is 204 g/mol. The first kappa shape index (κ1) is 10.4. The molecule has 0 spiro atoms. The largest absolute Gasteiger partial charge is 0.295 e. The van der Waals surface area contributed by atoms with E-state index in [1.54, 1.807) is 6.92 Å². The van der Waals surface area contributed by atoms with Gasteiger partial charge in [0.25, 0.3) is 0 Å². The van der Waals surface area contributed by atoms with Crippen molar-refractivity contribution < 1.29 is 4.79 Å². The fraction of sp³-hybridized carbons (Fsp3) is 0.222. The van der Waals surface area contributed by atoms with Crippen molar-refractivity contribution in [1.82, 2.24) is 0 Å². The molecule has 0 amide bonds. The summed E-state index contributed by atoms with van der Waals surface area (Å²) < 4.78 is 0. The molecule has 0 fully saturated rings. The molecule has 2 heteroatoms. The van der Waals surface area contributed by atoms with Crippen LogP contribution in [0.15, 0.2) is 30.3 Å². The van der Waals surface area contributed by atoms with Crippen LogP contribution in [0.2, 0.25) is 0 Å². The Morgan fingerprint density at radius 1 is 1.18 bits per heavy atom. The van der Waals surface area contributed by atoms with Crippen LogP contribution in [-0.2, 0) is 0 Å². The highest BCUT2D eigenvalue weighted by Gasteiger charge is 1.92. The van der Waals surface area contributed by atoms with Crippen molar-refractivity contribution in [3.8, 4) is 0 Å². The summed E-state index contributed by atoms with van der Waals surface area (Å²) in [5.41, 5.74) is 0.775. The average molecular weight is 215 g/mol. The van der Waals surface area contributed by atoms with Crippen LogP contribution in [0.3, 0.4) is 0 Å². The Morgan fingerprint density at radius 2 is 1.64 bits per heavy atom. The van der Waals surface area contributed by atoms with E-state index in [2.05, 4.69) is 15.9 Å². The van der Waals surface area contributed by atoms with E-state index in [0.29, 0.717) is 0 Å². The highest BCUT2D eigenvalue weighted by Crippen LogP contribution is 1.97. The molecule has 1 aromatic carbocycles. The SMILES string of the molecule is CBr.CC(=O)c1ccccc1. The second-order valence-electron chi connectivity index (χ2n) is 1.92. The Balaban J connectivity index is 0.000000461. The van der Waals surface area contributed by atoms with Crippen LogP contribution in [0, 0.1) is 0 Å². The number of alkyl halides is 1. The molecule has 1 nitrogen and oxygen atoms in total. The highest BCUT2D eigenvalue weighted by atomic mass is 79.9. The maximum atomic E-state index is 10.6. The molecule has 60 valence electrons. The van der Waals surface area contributed by atoms with Crippen LogP contribution in [0.1, 0.15) is 17.3 Å². The maximum absolute atomic E-state index is 10.6. The molecule has 0 aliphatic rings. The van der Waals surface area contributed by atoms with Gasteiger partial charge in [0.1, 0.15) is 0 Å². The van der Waals surface area contributed by atoms with Crippen molar-refractivity contribution in [2.45, 2.75) is 6.92 Å². The third-order valence-electron chi connectivity index (χ3n) is 1.18. The summed E-state index contributed by atoms with van der Waals surface area (Å²) in [5.74, 6) is 1.93. The van der Waals surface area contributed by atoms with Gasteiger partial charge in [0, 0.05) is 5.56 Å². The van der Waals surface area contributed by atoms with Gasteiger partial charge < -0.3 is 0 Å². The lowest BCUT2D eigenvalue weighted by Crippen LogP contribution is -1.88. The molecule has 1 aromatic rings. The molecule has 0 heterocycles. The zero-order valence-corrected chi connectivity index (χ0v) is 8.26. The minimum atomic E-state index is 0.121.